The SMILES string of the molecule is O=C(CCc1nc(-c2ccc(Cl)cc2)no1)N1CCN(C2CCCC2)CC1. The molecular weight excluding hydrogens is 364 g/mol. The average Bonchev–Trinajstić information content (AvgIpc) is 3.39. The third-order valence-electron chi connectivity index (χ3n) is 5.63. The molecule has 0 radical (unpaired) electrons. The fraction of sp³-hybridized carbons (Fsp3) is 0.550. The van der Waals surface area contributed by atoms with Crippen LogP contribution in [0.3, 0.4) is 0 Å². The molecule has 2 aromatic rings. The maximum absolute atomic E-state index is 12.5. The average molecular weight is 389 g/mol. The van der Waals surface area contributed by atoms with E-state index in [9.17, 15) is 4.79 Å². The maximum Gasteiger partial charge on any atom is 0.227 e. The first-order valence-corrected chi connectivity index (χ1v) is 10.2. The highest BCUT2D eigenvalue weighted by Crippen LogP contribution is 2.24. The number of carbonyl (C=O) groups excluding carboxylic acids is 1. The Morgan fingerprint density at radius 2 is 1.81 bits per heavy atom. The molecule has 2 heterocycles. The molecule has 1 saturated carbocycles. The number of rotatable bonds is 5. The first kappa shape index (κ1) is 18.4. The van der Waals surface area contributed by atoms with E-state index < -0.39 is 0 Å². The quantitative estimate of drug-likeness (QED) is 0.785. The Bertz CT molecular complexity index is 763. The van der Waals surface area contributed by atoms with E-state index in [4.69, 9.17) is 16.1 Å². The molecule has 2 aliphatic rings. The molecule has 7 heteroatoms. The van der Waals surface area contributed by atoms with Crippen molar-refractivity contribution in [3.8, 4) is 11.4 Å². The number of piperazine rings is 1. The monoisotopic (exact) mass is 388 g/mol. The van der Waals surface area contributed by atoms with Crippen molar-refractivity contribution in [1.82, 2.24) is 19.9 Å². The lowest BCUT2D eigenvalue weighted by atomic mass is 10.1. The van der Waals surface area contributed by atoms with Gasteiger partial charge in [-0.05, 0) is 37.1 Å². The van der Waals surface area contributed by atoms with Crippen LogP contribution in [0.5, 0.6) is 0 Å². The lowest BCUT2D eigenvalue weighted by molar-refractivity contribution is -0.133. The zero-order valence-corrected chi connectivity index (χ0v) is 16.2. The Labute approximate surface area is 164 Å². The molecule has 0 N–H and O–H groups in total. The number of amides is 1. The van der Waals surface area contributed by atoms with Crippen LogP contribution in [0, 0.1) is 0 Å². The van der Waals surface area contributed by atoms with Crippen LogP contribution in [-0.2, 0) is 11.2 Å². The number of carbonyl (C=O) groups is 1. The van der Waals surface area contributed by atoms with Gasteiger partial charge in [0.15, 0.2) is 0 Å². The summed E-state index contributed by atoms with van der Waals surface area (Å²) in [5.41, 5.74) is 0.851. The highest BCUT2D eigenvalue weighted by atomic mass is 35.5. The Morgan fingerprint density at radius 1 is 1.11 bits per heavy atom. The van der Waals surface area contributed by atoms with Crippen LogP contribution in [0.25, 0.3) is 11.4 Å². The molecule has 0 unspecified atom stereocenters. The summed E-state index contributed by atoms with van der Waals surface area (Å²) < 4.78 is 5.30. The molecular formula is C20H25ClN4O2. The Morgan fingerprint density at radius 3 is 2.52 bits per heavy atom. The fourth-order valence-electron chi connectivity index (χ4n) is 4.05. The van der Waals surface area contributed by atoms with Crippen LogP contribution >= 0.6 is 11.6 Å². The van der Waals surface area contributed by atoms with Gasteiger partial charge in [-0.2, -0.15) is 4.98 Å². The Kier molecular flexibility index (Phi) is 5.74. The molecule has 144 valence electrons. The van der Waals surface area contributed by atoms with Gasteiger partial charge in [-0.25, -0.2) is 0 Å². The summed E-state index contributed by atoms with van der Waals surface area (Å²) in [5, 5.41) is 4.67. The van der Waals surface area contributed by atoms with E-state index in [2.05, 4.69) is 15.0 Å². The summed E-state index contributed by atoms with van der Waals surface area (Å²) in [4.78, 5) is 21.4. The lowest BCUT2D eigenvalue weighted by Gasteiger charge is -2.38. The van der Waals surface area contributed by atoms with E-state index in [1.54, 1.807) is 12.1 Å². The molecule has 0 atom stereocenters. The first-order valence-electron chi connectivity index (χ1n) is 9.79. The van der Waals surface area contributed by atoms with Gasteiger partial charge in [-0.1, -0.05) is 29.6 Å². The van der Waals surface area contributed by atoms with E-state index in [0.29, 0.717) is 29.6 Å². The van der Waals surface area contributed by atoms with Gasteiger partial charge in [0.05, 0.1) is 0 Å². The molecule has 1 aromatic carbocycles. The summed E-state index contributed by atoms with van der Waals surface area (Å²) >= 11 is 5.90. The van der Waals surface area contributed by atoms with E-state index in [1.165, 1.54) is 25.7 Å². The van der Waals surface area contributed by atoms with Gasteiger partial charge < -0.3 is 9.42 Å². The largest absolute Gasteiger partial charge is 0.340 e. The second-order valence-electron chi connectivity index (χ2n) is 7.37. The minimum atomic E-state index is 0.173. The second kappa shape index (κ2) is 8.40. The molecule has 4 rings (SSSR count). The van der Waals surface area contributed by atoms with Gasteiger partial charge in [0.1, 0.15) is 0 Å². The van der Waals surface area contributed by atoms with Gasteiger partial charge in [-0.3, -0.25) is 9.69 Å². The smallest absolute Gasteiger partial charge is 0.227 e. The van der Waals surface area contributed by atoms with Crippen LogP contribution in [0.1, 0.15) is 38.0 Å². The minimum Gasteiger partial charge on any atom is -0.340 e. The Balaban J connectivity index is 1.25. The van der Waals surface area contributed by atoms with E-state index >= 15 is 0 Å². The number of aryl methyl sites for hydroxylation is 1. The fourth-order valence-corrected chi connectivity index (χ4v) is 4.18. The van der Waals surface area contributed by atoms with Crippen molar-refractivity contribution in [3.05, 3.63) is 35.2 Å². The van der Waals surface area contributed by atoms with Crippen LogP contribution in [0.15, 0.2) is 28.8 Å². The molecule has 1 aliphatic carbocycles. The van der Waals surface area contributed by atoms with Crippen LogP contribution in [0.2, 0.25) is 5.02 Å². The van der Waals surface area contributed by atoms with Crippen molar-refractivity contribution in [2.24, 2.45) is 0 Å². The Hall–Kier alpha value is -1.92. The zero-order chi connectivity index (χ0) is 18.6. The molecule has 1 aromatic heterocycles. The highest BCUT2D eigenvalue weighted by Gasteiger charge is 2.27. The summed E-state index contributed by atoms with van der Waals surface area (Å²) in [5.74, 6) is 1.20. The number of hydrogen-bond acceptors (Lipinski definition) is 5. The zero-order valence-electron chi connectivity index (χ0n) is 15.4. The van der Waals surface area contributed by atoms with Gasteiger partial charge in [0.2, 0.25) is 17.6 Å². The number of hydrogen-bond donors (Lipinski definition) is 0. The van der Waals surface area contributed by atoms with Crippen LogP contribution in [-0.4, -0.2) is 58.1 Å². The highest BCUT2D eigenvalue weighted by molar-refractivity contribution is 6.30. The third-order valence-corrected chi connectivity index (χ3v) is 5.88. The lowest BCUT2D eigenvalue weighted by Crippen LogP contribution is -2.51. The van der Waals surface area contributed by atoms with Gasteiger partial charge in [0, 0.05) is 55.6 Å². The molecule has 1 saturated heterocycles. The summed E-state index contributed by atoms with van der Waals surface area (Å²) in [6.45, 7) is 3.65. The van der Waals surface area contributed by atoms with E-state index in [1.807, 2.05) is 17.0 Å². The molecule has 1 aliphatic heterocycles. The van der Waals surface area contributed by atoms with Crippen molar-refractivity contribution in [2.45, 2.75) is 44.6 Å². The first-order chi connectivity index (χ1) is 13.2. The van der Waals surface area contributed by atoms with Crippen molar-refractivity contribution < 1.29 is 9.32 Å². The van der Waals surface area contributed by atoms with Gasteiger partial charge >= 0.3 is 0 Å². The molecule has 0 spiro atoms. The van der Waals surface area contributed by atoms with Gasteiger partial charge in [-0.15, -0.1) is 0 Å². The number of halogens is 1. The van der Waals surface area contributed by atoms with E-state index in [-0.39, 0.29) is 5.91 Å². The molecule has 6 nitrogen and oxygen atoms in total. The second-order valence-corrected chi connectivity index (χ2v) is 7.81. The summed E-state index contributed by atoms with van der Waals surface area (Å²) in [6.07, 6.45) is 6.23. The predicted molar refractivity (Wildman–Crippen MR) is 103 cm³/mol. The van der Waals surface area contributed by atoms with E-state index in [0.717, 1.165) is 37.8 Å². The minimum absolute atomic E-state index is 0.173. The van der Waals surface area contributed by atoms with Gasteiger partial charge in [0.25, 0.3) is 0 Å². The topological polar surface area (TPSA) is 62.5 Å². The summed E-state index contributed by atoms with van der Waals surface area (Å²) in [7, 11) is 0. The number of benzene rings is 1. The maximum atomic E-state index is 12.5. The van der Waals surface area contributed by atoms with Crippen LogP contribution in [0.4, 0.5) is 0 Å². The normalized spacial score (nSPS) is 18.9. The van der Waals surface area contributed by atoms with Crippen molar-refractivity contribution in [1.29, 1.82) is 0 Å². The third kappa shape index (κ3) is 4.50. The summed E-state index contributed by atoms with van der Waals surface area (Å²) in [6, 6.07) is 8.04. The van der Waals surface area contributed by atoms with Crippen LogP contribution < -0.4 is 0 Å². The number of nitrogens with zero attached hydrogens (tertiary/aromatic N) is 4. The van der Waals surface area contributed by atoms with Crippen molar-refractivity contribution in [2.75, 3.05) is 26.2 Å². The molecule has 1 amide bonds. The standard InChI is InChI=1S/C20H25ClN4O2/c21-16-7-5-15(6-8-16)20-22-18(27-23-20)9-10-19(26)25-13-11-24(12-14-25)17-3-1-2-4-17/h5-8,17H,1-4,9-14H2. The molecule has 0 bridgehead atoms. The molecule has 2 fully saturated rings. The van der Waals surface area contributed by atoms with Crippen molar-refractivity contribution in [3.63, 3.8) is 0 Å². The molecule has 27 heavy (non-hydrogen) atoms. The van der Waals surface area contributed by atoms with Crippen molar-refractivity contribution >= 4 is 17.5 Å². The predicted octanol–water partition coefficient (Wildman–Crippen LogP) is 3.41. The number of aromatic nitrogens is 2.